The highest BCUT2D eigenvalue weighted by Gasteiger charge is 2.23. The minimum absolute atomic E-state index is 0.135. The summed E-state index contributed by atoms with van der Waals surface area (Å²) < 4.78 is 6.75. The first-order valence-corrected chi connectivity index (χ1v) is 9.98. The van der Waals surface area contributed by atoms with Crippen LogP contribution < -0.4 is 5.56 Å². The summed E-state index contributed by atoms with van der Waals surface area (Å²) in [4.78, 5) is 28.4. The standard InChI is InChI=1S/C22H29N3O4/c1-16(2)29-22(28)24-12-10-23(11-13-24)15-19-8-9-25(21(27)20(19)26)14-18-6-4-17(3)5-7-18/h4-9,16,26H,10-15H2,1-3H3. The van der Waals surface area contributed by atoms with E-state index in [1.807, 2.05) is 45.0 Å². The van der Waals surface area contributed by atoms with Crippen LogP contribution in [-0.4, -0.2) is 57.8 Å². The van der Waals surface area contributed by atoms with Crippen LogP contribution in [0.15, 0.2) is 41.3 Å². The Balaban J connectivity index is 1.61. The van der Waals surface area contributed by atoms with Crippen LogP contribution in [0.3, 0.4) is 0 Å². The lowest BCUT2D eigenvalue weighted by molar-refractivity contribution is 0.0557. The molecule has 0 radical (unpaired) electrons. The van der Waals surface area contributed by atoms with E-state index in [9.17, 15) is 14.7 Å². The van der Waals surface area contributed by atoms with Crippen LogP contribution in [0, 0.1) is 6.92 Å². The number of ether oxygens (including phenoxy) is 1. The second kappa shape index (κ2) is 9.13. The molecule has 1 aromatic heterocycles. The summed E-state index contributed by atoms with van der Waals surface area (Å²) in [5.41, 5.74) is 2.39. The fourth-order valence-corrected chi connectivity index (χ4v) is 3.35. The molecule has 29 heavy (non-hydrogen) atoms. The van der Waals surface area contributed by atoms with Crippen LogP contribution in [0.4, 0.5) is 4.79 Å². The number of nitrogens with zero attached hydrogens (tertiary/aromatic N) is 3. The number of hydrogen-bond acceptors (Lipinski definition) is 5. The van der Waals surface area contributed by atoms with Crippen molar-refractivity contribution >= 4 is 6.09 Å². The highest BCUT2D eigenvalue weighted by molar-refractivity contribution is 5.67. The van der Waals surface area contributed by atoms with Gasteiger partial charge in [-0.1, -0.05) is 29.8 Å². The second-order valence-electron chi connectivity index (χ2n) is 7.80. The third kappa shape index (κ3) is 5.38. The van der Waals surface area contributed by atoms with Gasteiger partial charge in [0.15, 0.2) is 5.75 Å². The van der Waals surface area contributed by atoms with Gasteiger partial charge in [-0.2, -0.15) is 0 Å². The van der Waals surface area contributed by atoms with Crippen molar-refractivity contribution in [2.45, 2.75) is 40.0 Å². The van der Waals surface area contributed by atoms with Gasteiger partial charge in [-0.05, 0) is 32.4 Å². The molecule has 0 atom stereocenters. The smallest absolute Gasteiger partial charge is 0.410 e. The van der Waals surface area contributed by atoms with Crippen molar-refractivity contribution in [1.29, 1.82) is 0 Å². The van der Waals surface area contributed by atoms with Crippen LogP contribution in [0.1, 0.15) is 30.5 Å². The topological polar surface area (TPSA) is 75.0 Å². The van der Waals surface area contributed by atoms with Crippen molar-refractivity contribution in [3.8, 4) is 5.75 Å². The molecule has 1 fully saturated rings. The molecular formula is C22H29N3O4. The van der Waals surface area contributed by atoms with Gasteiger partial charge in [0.25, 0.3) is 5.56 Å². The van der Waals surface area contributed by atoms with Crippen molar-refractivity contribution < 1.29 is 14.6 Å². The van der Waals surface area contributed by atoms with Crippen LogP contribution in [0.5, 0.6) is 5.75 Å². The van der Waals surface area contributed by atoms with Gasteiger partial charge in [0.2, 0.25) is 0 Å². The van der Waals surface area contributed by atoms with E-state index in [0.29, 0.717) is 44.8 Å². The van der Waals surface area contributed by atoms with Gasteiger partial charge in [0, 0.05) is 44.5 Å². The Hall–Kier alpha value is -2.80. The zero-order valence-corrected chi connectivity index (χ0v) is 17.3. The van der Waals surface area contributed by atoms with E-state index in [-0.39, 0.29) is 23.5 Å². The summed E-state index contributed by atoms with van der Waals surface area (Å²) in [7, 11) is 0. The fourth-order valence-electron chi connectivity index (χ4n) is 3.35. The number of pyridine rings is 1. The van der Waals surface area contributed by atoms with Crippen LogP contribution in [0.2, 0.25) is 0 Å². The molecule has 0 aliphatic carbocycles. The lowest BCUT2D eigenvalue weighted by atomic mass is 10.1. The number of carbonyl (C=O) groups excluding carboxylic acids is 1. The Morgan fingerprint density at radius 1 is 1.07 bits per heavy atom. The number of hydrogen-bond donors (Lipinski definition) is 1. The van der Waals surface area contributed by atoms with Gasteiger partial charge in [-0.15, -0.1) is 0 Å². The molecule has 7 nitrogen and oxygen atoms in total. The number of piperazine rings is 1. The van der Waals surface area contributed by atoms with Crippen molar-refractivity contribution in [1.82, 2.24) is 14.4 Å². The highest BCUT2D eigenvalue weighted by Crippen LogP contribution is 2.16. The number of aryl methyl sites for hydroxylation is 1. The minimum atomic E-state index is -0.387. The summed E-state index contributed by atoms with van der Waals surface area (Å²) in [5.74, 6) is -0.207. The molecule has 0 bridgehead atoms. The highest BCUT2D eigenvalue weighted by atomic mass is 16.6. The van der Waals surface area contributed by atoms with E-state index >= 15 is 0 Å². The third-order valence-electron chi connectivity index (χ3n) is 5.06. The molecular weight excluding hydrogens is 370 g/mol. The molecule has 1 aliphatic rings. The number of aromatic hydroxyl groups is 1. The van der Waals surface area contributed by atoms with Crippen molar-refractivity contribution in [2.75, 3.05) is 26.2 Å². The molecule has 0 spiro atoms. The normalized spacial score (nSPS) is 15.0. The van der Waals surface area contributed by atoms with Crippen LogP contribution in [-0.2, 0) is 17.8 Å². The van der Waals surface area contributed by atoms with Crippen LogP contribution >= 0.6 is 0 Å². The average Bonchev–Trinajstić information content (AvgIpc) is 2.69. The molecule has 1 saturated heterocycles. The molecule has 1 amide bonds. The first-order chi connectivity index (χ1) is 13.8. The molecule has 1 aliphatic heterocycles. The minimum Gasteiger partial charge on any atom is -0.503 e. The maximum atomic E-state index is 12.6. The molecule has 3 rings (SSSR count). The van der Waals surface area contributed by atoms with E-state index in [4.69, 9.17) is 4.74 Å². The van der Waals surface area contributed by atoms with E-state index in [2.05, 4.69) is 4.90 Å². The Labute approximate surface area is 171 Å². The number of carbonyl (C=O) groups is 1. The molecule has 2 heterocycles. The van der Waals surface area contributed by atoms with Gasteiger partial charge in [-0.25, -0.2) is 4.79 Å². The Morgan fingerprint density at radius 3 is 2.34 bits per heavy atom. The predicted octanol–water partition coefficient (Wildman–Crippen LogP) is 2.57. The Morgan fingerprint density at radius 2 is 1.72 bits per heavy atom. The van der Waals surface area contributed by atoms with Gasteiger partial charge < -0.3 is 19.3 Å². The number of rotatable bonds is 5. The molecule has 2 aromatic rings. The zero-order chi connectivity index (χ0) is 21.0. The Kier molecular flexibility index (Phi) is 6.59. The Bertz CT molecular complexity index is 897. The van der Waals surface area contributed by atoms with E-state index in [1.165, 1.54) is 4.57 Å². The summed E-state index contributed by atoms with van der Waals surface area (Å²) in [6.07, 6.45) is 1.30. The monoisotopic (exact) mass is 399 g/mol. The summed E-state index contributed by atoms with van der Waals surface area (Å²) in [6.45, 7) is 9.04. The van der Waals surface area contributed by atoms with E-state index in [1.54, 1.807) is 17.2 Å². The van der Waals surface area contributed by atoms with Gasteiger partial charge >= 0.3 is 6.09 Å². The van der Waals surface area contributed by atoms with Crippen molar-refractivity contribution in [2.24, 2.45) is 0 Å². The van der Waals surface area contributed by atoms with Gasteiger partial charge in [0.1, 0.15) is 0 Å². The number of aromatic nitrogens is 1. The van der Waals surface area contributed by atoms with Crippen molar-refractivity contribution in [3.63, 3.8) is 0 Å². The number of amides is 1. The second-order valence-corrected chi connectivity index (χ2v) is 7.80. The van der Waals surface area contributed by atoms with Crippen LogP contribution in [0.25, 0.3) is 0 Å². The summed E-state index contributed by atoms with van der Waals surface area (Å²) >= 11 is 0. The molecule has 1 aromatic carbocycles. The average molecular weight is 399 g/mol. The molecule has 0 unspecified atom stereocenters. The zero-order valence-electron chi connectivity index (χ0n) is 17.3. The SMILES string of the molecule is Cc1ccc(Cn2ccc(CN3CCN(C(=O)OC(C)C)CC3)c(O)c2=O)cc1. The lowest BCUT2D eigenvalue weighted by Gasteiger charge is -2.34. The first-order valence-electron chi connectivity index (χ1n) is 9.98. The lowest BCUT2D eigenvalue weighted by Crippen LogP contribution is -2.48. The maximum absolute atomic E-state index is 12.6. The number of benzene rings is 1. The third-order valence-corrected chi connectivity index (χ3v) is 5.06. The predicted molar refractivity (Wildman–Crippen MR) is 111 cm³/mol. The summed E-state index contributed by atoms with van der Waals surface area (Å²) in [5, 5.41) is 10.4. The van der Waals surface area contributed by atoms with Gasteiger partial charge in [-0.3, -0.25) is 9.69 Å². The molecule has 156 valence electrons. The first kappa shape index (κ1) is 20.9. The molecule has 1 N–H and O–H groups in total. The molecule has 7 heteroatoms. The quantitative estimate of drug-likeness (QED) is 0.836. The maximum Gasteiger partial charge on any atom is 0.410 e. The van der Waals surface area contributed by atoms with Crippen molar-refractivity contribution in [3.05, 3.63) is 63.6 Å². The van der Waals surface area contributed by atoms with E-state index < -0.39 is 0 Å². The van der Waals surface area contributed by atoms with Gasteiger partial charge in [0.05, 0.1) is 12.6 Å². The summed E-state index contributed by atoms with van der Waals surface area (Å²) in [6, 6.07) is 9.77. The fraction of sp³-hybridized carbons (Fsp3) is 0.455. The van der Waals surface area contributed by atoms with E-state index in [0.717, 1.165) is 11.1 Å². The molecule has 0 saturated carbocycles. The largest absolute Gasteiger partial charge is 0.503 e.